The van der Waals surface area contributed by atoms with Crippen molar-refractivity contribution in [2.45, 2.75) is 31.7 Å². The number of nitrogens with zero attached hydrogens (tertiary/aromatic N) is 3. The van der Waals surface area contributed by atoms with E-state index in [1.807, 2.05) is 55.7 Å². The Morgan fingerprint density at radius 2 is 2.00 bits per heavy atom. The second-order valence-electron chi connectivity index (χ2n) is 8.19. The maximum Gasteiger partial charge on any atom is 0.234 e. The van der Waals surface area contributed by atoms with Gasteiger partial charge in [-0.05, 0) is 41.3 Å². The standard InChI is InChI=1S/C24H21ClN4O3/c1-28-10-9-16(27-28)13-29-20-7-5-14(11-15(20)12-22(29)31)17-3-2-4-18(23(17)25)19-6-8-21(30)26-24(19)32/h2-5,7,9-11,19H,6,8,12-13H2,1H3,(H,26,30,32). The molecule has 32 heavy (non-hydrogen) atoms. The molecule has 1 N–H and O–H groups in total. The molecule has 3 amide bonds. The second-order valence-corrected chi connectivity index (χ2v) is 8.57. The van der Waals surface area contributed by atoms with Crippen molar-refractivity contribution < 1.29 is 14.4 Å². The molecule has 1 aromatic heterocycles. The van der Waals surface area contributed by atoms with Gasteiger partial charge in [0.15, 0.2) is 0 Å². The third kappa shape index (κ3) is 3.58. The molecule has 2 aliphatic heterocycles. The van der Waals surface area contributed by atoms with Crippen molar-refractivity contribution in [1.29, 1.82) is 0 Å². The van der Waals surface area contributed by atoms with Crippen LogP contribution in [-0.4, -0.2) is 27.5 Å². The Balaban J connectivity index is 1.46. The third-order valence-corrected chi connectivity index (χ3v) is 6.48. The average molecular weight is 449 g/mol. The summed E-state index contributed by atoms with van der Waals surface area (Å²) in [6.45, 7) is 0.428. The van der Waals surface area contributed by atoms with Crippen LogP contribution in [0.1, 0.15) is 35.6 Å². The van der Waals surface area contributed by atoms with E-state index < -0.39 is 5.92 Å². The van der Waals surface area contributed by atoms with Crippen molar-refractivity contribution in [3.05, 3.63) is 70.5 Å². The highest BCUT2D eigenvalue weighted by atomic mass is 35.5. The summed E-state index contributed by atoms with van der Waals surface area (Å²) in [5.41, 5.74) is 5.04. The second kappa shape index (κ2) is 7.91. The Labute approximate surface area is 190 Å². The Morgan fingerprint density at radius 3 is 2.75 bits per heavy atom. The van der Waals surface area contributed by atoms with Gasteiger partial charge >= 0.3 is 0 Å². The molecule has 0 spiro atoms. The van der Waals surface area contributed by atoms with Gasteiger partial charge < -0.3 is 4.90 Å². The zero-order chi connectivity index (χ0) is 22.4. The summed E-state index contributed by atoms with van der Waals surface area (Å²) in [7, 11) is 1.85. The van der Waals surface area contributed by atoms with Crippen LogP contribution in [0.15, 0.2) is 48.7 Å². The van der Waals surface area contributed by atoms with E-state index in [2.05, 4.69) is 10.4 Å². The van der Waals surface area contributed by atoms with Crippen LogP contribution in [0.25, 0.3) is 11.1 Å². The highest BCUT2D eigenvalue weighted by Gasteiger charge is 2.31. The average Bonchev–Trinajstić information content (AvgIpc) is 3.31. The van der Waals surface area contributed by atoms with Gasteiger partial charge in [0.1, 0.15) is 0 Å². The molecule has 2 aromatic carbocycles. The summed E-state index contributed by atoms with van der Waals surface area (Å²) in [4.78, 5) is 38.3. The number of imide groups is 1. The molecule has 1 fully saturated rings. The van der Waals surface area contributed by atoms with E-state index in [0.717, 1.165) is 28.1 Å². The highest BCUT2D eigenvalue weighted by molar-refractivity contribution is 6.34. The van der Waals surface area contributed by atoms with Crippen molar-refractivity contribution in [3.8, 4) is 11.1 Å². The minimum atomic E-state index is -0.454. The summed E-state index contributed by atoms with van der Waals surface area (Å²) in [5, 5.41) is 7.26. The number of benzene rings is 2. The van der Waals surface area contributed by atoms with Gasteiger partial charge in [-0.15, -0.1) is 0 Å². The van der Waals surface area contributed by atoms with Crippen LogP contribution in [0.2, 0.25) is 5.02 Å². The molecule has 7 nitrogen and oxygen atoms in total. The van der Waals surface area contributed by atoms with Gasteiger partial charge in [0.2, 0.25) is 17.7 Å². The number of carbonyl (C=O) groups excluding carboxylic acids is 3. The first-order valence-corrected chi connectivity index (χ1v) is 10.8. The number of carbonyl (C=O) groups is 3. The van der Waals surface area contributed by atoms with E-state index in [1.165, 1.54) is 0 Å². The summed E-state index contributed by atoms with van der Waals surface area (Å²) in [6.07, 6.45) is 2.91. The van der Waals surface area contributed by atoms with E-state index in [-0.39, 0.29) is 17.7 Å². The van der Waals surface area contributed by atoms with E-state index in [0.29, 0.717) is 36.4 Å². The fourth-order valence-electron chi connectivity index (χ4n) is 4.47. The number of anilines is 1. The molecule has 1 atom stereocenters. The normalized spacial score (nSPS) is 18.1. The number of nitrogens with one attached hydrogen (secondary N) is 1. The monoisotopic (exact) mass is 448 g/mol. The first-order chi connectivity index (χ1) is 15.4. The van der Waals surface area contributed by atoms with Crippen LogP contribution in [0.5, 0.6) is 0 Å². The Hall–Kier alpha value is -3.45. The van der Waals surface area contributed by atoms with Crippen molar-refractivity contribution >= 4 is 35.0 Å². The number of piperidine rings is 1. The molecular formula is C24H21ClN4O3. The lowest BCUT2D eigenvalue weighted by molar-refractivity contribution is -0.134. The Bertz CT molecular complexity index is 1270. The molecular weight excluding hydrogens is 428 g/mol. The maximum absolute atomic E-state index is 12.7. The summed E-state index contributed by atoms with van der Waals surface area (Å²) in [5.74, 6) is -0.988. The van der Waals surface area contributed by atoms with Crippen molar-refractivity contribution in [2.75, 3.05) is 4.90 Å². The fourth-order valence-corrected chi connectivity index (χ4v) is 4.83. The van der Waals surface area contributed by atoms with Gasteiger partial charge in [0.25, 0.3) is 0 Å². The summed E-state index contributed by atoms with van der Waals surface area (Å²) in [6, 6.07) is 13.4. The lowest BCUT2D eigenvalue weighted by Crippen LogP contribution is -2.39. The van der Waals surface area contributed by atoms with Gasteiger partial charge in [-0.2, -0.15) is 5.10 Å². The number of hydrogen-bond acceptors (Lipinski definition) is 4. The zero-order valence-electron chi connectivity index (χ0n) is 17.5. The molecule has 0 bridgehead atoms. The quantitative estimate of drug-likeness (QED) is 0.620. The van der Waals surface area contributed by atoms with E-state index in [1.54, 1.807) is 9.58 Å². The number of aromatic nitrogens is 2. The predicted octanol–water partition coefficient (Wildman–Crippen LogP) is 3.35. The fraction of sp³-hybridized carbons (Fsp3) is 0.250. The first kappa shape index (κ1) is 20.5. The molecule has 5 rings (SSSR count). The number of aryl methyl sites for hydroxylation is 1. The Kier molecular flexibility index (Phi) is 5.06. The number of amides is 3. The number of halogens is 1. The molecule has 3 heterocycles. The molecule has 0 saturated carbocycles. The van der Waals surface area contributed by atoms with E-state index in [4.69, 9.17) is 11.6 Å². The number of rotatable bonds is 4. The molecule has 8 heteroatoms. The lowest BCUT2D eigenvalue weighted by Gasteiger charge is -2.23. The van der Waals surface area contributed by atoms with Crippen LogP contribution in [0.3, 0.4) is 0 Å². The smallest absolute Gasteiger partial charge is 0.234 e. The molecule has 0 aliphatic carbocycles. The zero-order valence-corrected chi connectivity index (χ0v) is 18.2. The predicted molar refractivity (Wildman–Crippen MR) is 120 cm³/mol. The topological polar surface area (TPSA) is 84.3 Å². The van der Waals surface area contributed by atoms with Gasteiger partial charge in [-0.25, -0.2) is 0 Å². The van der Waals surface area contributed by atoms with Crippen LogP contribution in [-0.2, 0) is 34.4 Å². The van der Waals surface area contributed by atoms with Gasteiger partial charge in [-0.3, -0.25) is 24.4 Å². The van der Waals surface area contributed by atoms with Gasteiger partial charge in [0.05, 0.1) is 29.6 Å². The van der Waals surface area contributed by atoms with Crippen LogP contribution in [0.4, 0.5) is 5.69 Å². The van der Waals surface area contributed by atoms with Crippen molar-refractivity contribution in [1.82, 2.24) is 15.1 Å². The van der Waals surface area contributed by atoms with Gasteiger partial charge in [0, 0.05) is 30.9 Å². The van der Waals surface area contributed by atoms with Crippen molar-refractivity contribution in [2.24, 2.45) is 7.05 Å². The molecule has 1 unspecified atom stereocenters. The molecule has 162 valence electrons. The van der Waals surface area contributed by atoms with Crippen LogP contribution >= 0.6 is 11.6 Å². The first-order valence-electron chi connectivity index (χ1n) is 10.4. The van der Waals surface area contributed by atoms with Crippen molar-refractivity contribution in [3.63, 3.8) is 0 Å². The Morgan fingerprint density at radius 1 is 1.16 bits per heavy atom. The minimum absolute atomic E-state index is 0.0335. The molecule has 1 saturated heterocycles. The van der Waals surface area contributed by atoms with Crippen LogP contribution in [0, 0.1) is 0 Å². The van der Waals surface area contributed by atoms with Gasteiger partial charge in [-0.1, -0.05) is 35.9 Å². The van der Waals surface area contributed by atoms with E-state index >= 15 is 0 Å². The number of hydrogen-bond donors (Lipinski definition) is 1. The molecule has 0 radical (unpaired) electrons. The molecule has 3 aromatic rings. The maximum atomic E-state index is 12.7. The minimum Gasteiger partial charge on any atom is -0.306 e. The largest absolute Gasteiger partial charge is 0.306 e. The van der Waals surface area contributed by atoms with E-state index in [9.17, 15) is 14.4 Å². The van der Waals surface area contributed by atoms with Crippen LogP contribution < -0.4 is 10.2 Å². The SMILES string of the molecule is Cn1ccc(CN2C(=O)Cc3cc(-c4cccc(C5CCC(=O)NC5=O)c4Cl)ccc32)n1. The third-order valence-electron chi connectivity index (χ3n) is 6.06. The lowest BCUT2D eigenvalue weighted by atomic mass is 9.88. The highest BCUT2D eigenvalue weighted by Crippen LogP contribution is 2.39. The summed E-state index contributed by atoms with van der Waals surface area (Å²) < 4.78 is 1.72. The molecule has 2 aliphatic rings. The number of fused-ring (bicyclic) bond motifs is 1. The summed E-state index contributed by atoms with van der Waals surface area (Å²) >= 11 is 6.74.